The van der Waals surface area contributed by atoms with Crippen LogP contribution in [0.4, 0.5) is 0 Å². The van der Waals surface area contributed by atoms with Gasteiger partial charge in [0.1, 0.15) is 5.76 Å². The minimum Gasteiger partial charge on any atom is -0.467 e. The minimum absolute atomic E-state index is 0.0327. The quantitative estimate of drug-likeness (QED) is 0.803. The predicted molar refractivity (Wildman–Crippen MR) is 92.2 cm³/mol. The van der Waals surface area contributed by atoms with Crippen LogP contribution in [0.2, 0.25) is 0 Å². The average molecular weight is 305 g/mol. The number of carbonyl (C=O) groups excluding carboxylic acids is 1. The predicted octanol–water partition coefficient (Wildman–Crippen LogP) is 4.95. The summed E-state index contributed by atoms with van der Waals surface area (Å²) < 4.78 is 5.29. The Morgan fingerprint density at radius 1 is 1.41 bits per heavy atom. The van der Waals surface area contributed by atoms with E-state index in [1.165, 1.54) is 19.3 Å². The summed E-state index contributed by atoms with van der Waals surface area (Å²) in [6.45, 7) is 8.44. The SMILES string of the molecule is C#C.CC(NC(=O)[C@H]1CCC[C@@H](C)C1)c1ccco1.CCC. The highest BCUT2D eigenvalue weighted by atomic mass is 16.3. The fourth-order valence-corrected chi connectivity index (χ4v) is 2.61. The van der Waals surface area contributed by atoms with Gasteiger partial charge >= 0.3 is 0 Å². The van der Waals surface area contributed by atoms with Crippen molar-refractivity contribution in [3.8, 4) is 12.8 Å². The third-order valence-electron chi connectivity index (χ3n) is 3.64. The van der Waals surface area contributed by atoms with Crippen LogP contribution in [0.1, 0.15) is 71.6 Å². The summed E-state index contributed by atoms with van der Waals surface area (Å²) in [7, 11) is 0. The number of furan rings is 1. The van der Waals surface area contributed by atoms with Gasteiger partial charge in [-0.05, 0) is 37.8 Å². The maximum Gasteiger partial charge on any atom is 0.223 e. The van der Waals surface area contributed by atoms with Crippen molar-refractivity contribution < 1.29 is 9.21 Å². The van der Waals surface area contributed by atoms with Gasteiger partial charge in [0.15, 0.2) is 0 Å². The van der Waals surface area contributed by atoms with Gasteiger partial charge in [0.25, 0.3) is 0 Å². The molecule has 2 rings (SSSR count). The summed E-state index contributed by atoms with van der Waals surface area (Å²) in [5.74, 6) is 1.87. The lowest BCUT2D eigenvalue weighted by molar-refractivity contribution is -0.127. The highest BCUT2D eigenvalue weighted by Crippen LogP contribution is 2.29. The van der Waals surface area contributed by atoms with Gasteiger partial charge in [0.2, 0.25) is 5.91 Å². The van der Waals surface area contributed by atoms with E-state index >= 15 is 0 Å². The first-order chi connectivity index (χ1) is 10.6. The van der Waals surface area contributed by atoms with E-state index in [4.69, 9.17) is 4.42 Å². The van der Waals surface area contributed by atoms with Crippen LogP contribution in [0, 0.1) is 24.7 Å². The molecule has 22 heavy (non-hydrogen) atoms. The molecule has 0 spiro atoms. The van der Waals surface area contributed by atoms with E-state index in [0.29, 0.717) is 5.92 Å². The van der Waals surface area contributed by atoms with Gasteiger partial charge < -0.3 is 9.73 Å². The number of hydrogen-bond donors (Lipinski definition) is 1. The highest BCUT2D eigenvalue weighted by molar-refractivity contribution is 5.79. The van der Waals surface area contributed by atoms with Gasteiger partial charge in [-0.15, -0.1) is 12.8 Å². The zero-order valence-corrected chi connectivity index (χ0v) is 14.5. The van der Waals surface area contributed by atoms with Gasteiger partial charge in [-0.25, -0.2) is 0 Å². The van der Waals surface area contributed by atoms with Crippen LogP contribution in [0.3, 0.4) is 0 Å². The van der Waals surface area contributed by atoms with Gasteiger partial charge in [0, 0.05) is 5.92 Å². The molecule has 1 unspecified atom stereocenters. The fraction of sp³-hybridized carbons (Fsp3) is 0.632. The number of carbonyl (C=O) groups is 1. The summed E-state index contributed by atoms with van der Waals surface area (Å²) in [5, 5.41) is 3.04. The van der Waals surface area contributed by atoms with E-state index in [0.717, 1.165) is 18.6 Å². The van der Waals surface area contributed by atoms with Crippen molar-refractivity contribution in [2.45, 2.75) is 65.8 Å². The van der Waals surface area contributed by atoms with Gasteiger partial charge in [-0.2, -0.15) is 0 Å². The minimum atomic E-state index is -0.0327. The first kappa shape index (κ1) is 20.3. The maximum atomic E-state index is 12.1. The Morgan fingerprint density at radius 3 is 2.55 bits per heavy atom. The first-order valence-electron chi connectivity index (χ1n) is 8.25. The number of hydrogen-bond acceptors (Lipinski definition) is 2. The number of nitrogens with one attached hydrogen (secondary N) is 1. The molecule has 1 aliphatic carbocycles. The normalized spacial score (nSPS) is 21.4. The molecular weight excluding hydrogens is 274 g/mol. The Morgan fingerprint density at radius 2 is 2.05 bits per heavy atom. The van der Waals surface area contributed by atoms with E-state index in [1.807, 2.05) is 19.1 Å². The molecule has 3 atom stereocenters. The Hall–Kier alpha value is -1.69. The van der Waals surface area contributed by atoms with Crippen LogP contribution in [0.15, 0.2) is 22.8 Å². The molecule has 1 heterocycles. The fourth-order valence-electron chi connectivity index (χ4n) is 2.61. The lowest BCUT2D eigenvalue weighted by atomic mass is 9.82. The average Bonchev–Trinajstić information content (AvgIpc) is 3.04. The van der Waals surface area contributed by atoms with Crippen molar-refractivity contribution in [2.75, 3.05) is 0 Å². The van der Waals surface area contributed by atoms with Crippen molar-refractivity contribution in [1.29, 1.82) is 0 Å². The molecule has 0 bridgehead atoms. The number of terminal acetylenes is 1. The summed E-state index contributed by atoms with van der Waals surface area (Å²) in [4.78, 5) is 12.1. The molecule has 0 radical (unpaired) electrons. The monoisotopic (exact) mass is 305 g/mol. The molecule has 0 saturated heterocycles. The Labute approximate surface area is 135 Å². The zero-order valence-electron chi connectivity index (χ0n) is 14.5. The van der Waals surface area contributed by atoms with Crippen molar-refractivity contribution in [2.24, 2.45) is 11.8 Å². The third-order valence-corrected chi connectivity index (χ3v) is 3.64. The number of rotatable bonds is 3. The van der Waals surface area contributed by atoms with Gasteiger partial charge in [-0.1, -0.05) is 40.0 Å². The van der Waals surface area contributed by atoms with Crippen LogP contribution in [0.25, 0.3) is 0 Å². The van der Waals surface area contributed by atoms with Crippen LogP contribution < -0.4 is 5.32 Å². The molecule has 1 fully saturated rings. The molecule has 0 aromatic carbocycles. The molecule has 1 N–H and O–H groups in total. The van der Waals surface area contributed by atoms with Gasteiger partial charge in [-0.3, -0.25) is 4.79 Å². The first-order valence-corrected chi connectivity index (χ1v) is 8.25. The van der Waals surface area contributed by atoms with E-state index in [-0.39, 0.29) is 17.9 Å². The number of amides is 1. The molecule has 0 aliphatic heterocycles. The second kappa shape index (κ2) is 11.9. The van der Waals surface area contributed by atoms with Crippen LogP contribution in [-0.2, 0) is 4.79 Å². The molecule has 124 valence electrons. The summed E-state index contributed by atoms with van der Waals surface area (Å²) in [6, 6.07) is 3.71. The van der Waals surface area contributed by atoms with Crippen LogP contribution in [-0.4, -0.2) is 5.91 Å². The van der Waals surface area contributed by atoms with E-state index in [9.17, 15) is 4.79 Å². The van der Waals surface area contributed by atoms with Gasteiger partial charge in [0.05, 0.1) is 12.3 Å². The highest BCUT2D eigenvalue weighted by Gasteiger charge is 2.26. The van der Waals surface area contributed by atoms with E-state index in [2.05, 4.69) is 38.9 Å². The van der Waals surface area contributed by atoms with E-state index in [1.54, 1.807) is 6.26 Å². The Kier molecular flexibility index (Phi) is 11.0. The van der Waals surface area contributed by atoms with Crippen molar-refractivity contribution in [1.82, 2.24) is 5.32 Å². The standard InChI is InChI=1S/C14H21NO2.C3H8.C2H2/c1-10-5-3-6-12(9-10)14(16)15-11(2)13-7-4-8-17-13;1-3-2;1-2/h4,7-8,10-12H,3,5-6,9H2,1-2H3,(H,15,16);3H2,1-2H3;1-2H/t10-,11?,12+;;/m1../s1. The zero-order chi connectivity index (χ0) is 17.0. The van der Waals surface area contributed by atoms with E-state index < -0.39 is 0 Å². The topological polar surface area (TPSA) is 42.2 Å². The smallest absolute Gasteiger partial charge is 0.223 e. The van der Waals surface area contributed by atoms with Crippen molar-refractivity contribution >= 4 is 5.91 Å². The molecule has 1 aromatic heterocycles. The molecule has 1 aromatic rings. The Bertz CT molecular complexity index is 408. The van der Waals surface area contributed by atoms with Crippen LogP contribution >= 0.6 is 0 Å². The second-order valence-electron chi connectivity index (χ2n) is 5.92. The molecule has 1 aliphatic rings. The summed E-state index contributed by atoms with van der Waals surface area (Å²) >= 11 is 0. The Balaban J connectivity index is 0.000000789. The lowest BCUT2D eigenvalue weighted by Crippen LogP contribution is -2.34. The second-order valence-corrected chi connectivity index (χ2v) is 5.92. The molecular formula is C19H31NO2. The summed E-state index contributed by atoms with van der Waals surface area (Å²) in [5.41, 5.74) is 0. The third kappa shape index (κ3) is 7.36. The largest absolute Gasteiger partial charge is 0.467 e. The molecule has 3 nitrogen and oxygen atoms in total. The molecule has 1 saturated carbocycles. The lowest BCUT2D eigenvalue weighted by Gasteiger charge is -2.26. The van der Waals surface area contributed by atoms with Crippen molar-refractivity contribution in [3.63, 3.8) is 0 Å². The molecule has 1 amide bonds. The summed E-state index contributed by atoms with van der Waals surface area (Å²) in [6.07, 6.45) is 15.4. The molecule has 3 heteroatoms. The van der Waals surface area contributed by atoms with Crippen LogP contribution in [0.5, 0.6) is 0 Å². The maximum absolute atomic E-state index is 12.1. The van der Waals surface area contributed by atoms with Crippen molar-refractivity contribution in [3.05, 3.63) is 24.2 Å².